The Morgan fingerprint density at radius 3 is 2.67 bits per heavy atom. The lowest BCUT2D eigenvalue weighted by atomic mass is 10.1. The molecule has 0 saturated heterocycles. The number of nitrogens with zero attached hydrogens (tertiary/aromatic N) is 3. The van der Waals surface area contributed by atoms with E-state index in [-0.39, 0.29) is 17.9 Å². The van der Waals surface area contributed by atoms with Crippen molar-refractivity contribution in [3.8, 4) is 0 Å². The fourth-order valence-corrected chi connectivity index (χ4v) is 3.47. The van der Waals surface area contributed by atoms with E-state index in [0.717, 1.165) is 41.1 Å². The van der Waals surface area contributed by atoms with Crippen LogP contribution in [0.15, 0.2) is 35.1 Å². The molecular weight excluding hydrogens is 340 g/mol. The smallest absolute Gasteiger partial charge is 0.240 e. The summed E-state index contributed by atoms with van der Waals surface area (Å²) >= 11 is 0. The normalized spacial score (nSPS) is 11.1. The van der Waals surface area contributed by atoms with Crippen LogP contribution in [0, 0.1) is 20.8 Å². The lowest BCUT2D eigenvalue weighted by Crippen LogP contribution is -2.29. The number of benzene rings is 1. The van der Waals surface area contributed by atoms with Crippen LogP contribution in [0.1, 0.15) is 36.0 Å². The molecule has 0 aliphatic rings. The molecule has 6 nitrogen and oxygen atoms in total. The van der Waals surface area contributed by atoms with E-state index >= 15 is 0 Å². The summed E-state index contributed by atoms with van der Waals surface area (Å²) in [6, 6.07) is 8.96. The minimum Gasteiger partial charge on any atom is -0.350 e. The number of para-hydroxylation sites is 1. The lowest BCUT2D eigenvalue weighted by molar-refractivity contribution is -0.121. The zero-order chi connectivity index (χ0) is 19.6. The maximum atomic E-state index is 12.6. The molecule has 0 aliphatic heterocycles. The Morgan fingerprint density at radius 2 is 1.93 bits per heavy atom. The first kappa shape index (κ1) is 18.9. The van der Waals surface area contributed by atoms with Gasteiger partial charge in [0, 0.05) is 41.5 Å². The van der Waals surface area contributed by atoms with Gasteiger partial charge >= 0.3 is 0 Å². The summed E-state index contributed by atoms with van der Waals surface area (Å²) in [5.41, 5.74) is 4.65. The molecule has 0 saturated carbocycles. The summed E-state index contributed by atoms with van der Waals surface area (Å²) < 4.78 is 3.88. The Balaban J connectivity index is 1.78. The Hall–Kier alpha value is -2.89. The maximum absolute atomic E-state index is 12.6. The first-order valence-electron chi connectivity index (χ1n) is 9.31. The van der Waals surface area contributed by atoms with Crippen LogP contribution >= 0.6 is 0 Å². The number of hydrogen-bond acceptors (Lipinski definition) is 3. The second-order valence-electron chi connectivity index (χ2n) is 6.90. The van der Waals surface area contributed by atoms with E-state index in [1.807, 2.05) is 48.2 Å². The molecule has 1 N–H and O–H groups in total. The van der Waals surface area contributed by atoms with Crippen molar-refractivity contribution in [3.05, 3.63) is 63.2 Å². The van der Waals surface area contributed by atoms with Gasteiger partial charge in [-0.05, 0) is 39.3 Å². The van der Waals surface area contributed by atoms with Gasteiger partial charge in [0.1, 0.15) is 6.54 Å². The van der Waals surface area contributed by atoms with Crippen LogP contribution in [0.3, 0.4) is 0 Å². The van der Waals surface area contributed by atoms with Crippen LogP contribution < -0.4 is 10.7 Å². The van der Waals surface area contributed by atoms with Gasteiger partial charge in [-0.1, -0.05) is 19.1 Å². The van der Waals surface area contributed by atoms with E-state index in [9.17, 15) is 9.59 Å². The van der Waals surface area contributed by atoms with E-state index in [2.05, 4.69) is 17.3 Å². The molecule has 0 fully saturated rings. The Morgan fingerprint density at radius 1 is 1.19 bits per heavy atom. The number of carbonyl (C=O) groups is 1. The quantitative estimate of drug-likeness (QED) is 0.729. The predicted octanol–water partition coefficient (Wildman–Crippen LogP) is 2.85. The fourth-order valence-electron chi connectivity index (χ4n) is 3.47. The maximum Gasteiger partial charge on any atom is 0.240 e. The van der Waals surface area contributed by atoms with E-state index in [4.69, 9.17) is 0 Å². The summed E-state index contributed by atoms with van der Waals surface area (Å²) in [6.07, 6.45) is 1.02. The summed E-state index contributed by atoms with van der Waals surface area (Å²) in [5, 5.41) is 8.18. The minimum atomic E-state index is -0.0889. The summed E-state index contributed by atoms with van der Waals surface area (Å²) in [7, 11) is 0. The number of carbonyl (C=O) groups excluding carboxylic acids is 1. The van der Waals surface area contributed by atoms with Gasteiger partial charge < -0.3 is 9.88 Å². The third kappa shape index (κ3) is 3.79. The highest BCUT2D eigenvalue weighted by Gasteiger charge is 2.14. The zero-order valence-corrected chi connectivity index (χ0v) is 16.4. The molecule has 6 heteroatoms. The number of nitrogens with one attached hydrogen (secondary N) is 1. The predicted molar refractivity (Wildman–Crippen MR) is 107 cm³/mol. The average molecular weight is 366 g/mol. The van der Waals surface area contributed by atoms with Gasteiger partial charge in [-0.3, -0.25) is 14.3 Å². The molecule has 0 radical (unpaired) electrons. The molecule has 0 unspecified atom stereocenters. The lowest BCUT2D eigenvalue weighted by Gasteiger charge is -2.14. The van der Waals surface area contributed by atoms with Crippen molar-refractivity contribution in [3.63, 3.8) is 0 Å². The van der Waals surface area contributed by atoms with Crippen molar-refractivity contribution < 1.29 is 4.79 Å². The summed E-state index contributed by atoms with van der Waals surface area (Å²) in [6.45, 7) is 9.49. The van der Waals surface area contributed by atoms with Crippen molar-refractivity contribution >= 4 is 16.8 Å². The monoisotopic (exact) mass is 366 g/mol. The SMILES string of the molecule is CCCn1nc(C)c(CNC(=O)Cn2c(C)cc(=O)c3ccccc32)c1C. The van der Waals surface area contributed by atoms with Gasteiger partial charge in [-0.15, -0.1) is 0 Å². The number of pyridine rings is 1. The highest BCUT2D eigenvalue weighted by molar-refractivity contribution is 5.82. The number of aromatic nitrogens is 3. The highest BCUT2D eigenvalue weighted by atomic mass is 16.2. The van der Waals surface area contributed by atoms with Crippen LogP contribution in [0.5, 0.6) is 0 Å². The molecule has 1 amide bonds. The highest BCUT2D eigenvalue weighted by Crippen LogP contribution is 2.14. The summed E-state index contributed by atoms with van der Waals surface area (Å²) in [4.78, 5) is 24.7. The molecular formula is C21H26N4O2. The molecule has 27 heavy (non-hydrogen) atoms. The minimum absolute atomic E-state index is 0.0191. The van der Waals surface area contributed by atoms with Crippen LogP contribution in [0.25, 0.3) is 10.9 Å². The van der Waals surface area contributed by atoms with E-state index < -0.39 is 0 Å². The van der Waals surface area contributed by atoms with Crippen molar-refractivity contribution in [2.24, 2.45) is 0 Å². The third-order valence-corrected chi connectivity index (χ3v) is 4.96. The van der Waals surface area contributed by atoms with Crippen LogP contribution in [0.4, 0.5) is 0 Å². The third-order valence-electron chi connectivity index (χ3n) is 4.96. The Labute approximate surface area is 158 Å². The van der Waals surface area contributed by atoms with Gasteiger partial charge in [0.05, 0.1) is 11.2 Å². The van der Waals surface area contributed by atoms with Gasteiger partial charge in [-0.2, -0.15) is 5.10 Å². The van der Waals surface area contributed by atoms with Crippen LogP contribution in [-0.4, -0.2) is 20.3 Å². The Bertz CT molecular complexity index is 1050. The molecule has 1 aromatic carbocycles. The van der Waals surface area contributed by atoms with E-state index in [1.54, 1.807) is 12.1 Å². The molecule has 0 bridgehead atoms. The molecule has 142 valence electrons. The topological polar surface area (TPSA) is 68.9 Å². The number of rotatable bonds is 6. The molecule has 2 aromatic heterocycles. The molecule has 3 rings (SSSR count). The van der Waals surface area contributed by atoms with Gasteiger partial charge in [0.15, 0.2) is 5.43 Å². The average Bonchev–Trinajstić information content (AvgIpc) is 2.90. The van der Waals surface area contributed by atoms with Gasteiger partial charge in [0.25, 0.3) is 0 Å². The fraction of sp³-hybridized carbons (Fsp3) is 0.381. The van der Waals surface area contributed by atoms with Crippen molar-refractivity contribution in [2.75, 3.05) is 0 Å². The molecule has 0 spiro atoms. The first-order valence-corrected chi connectivity index (χ1v) is 9.31. The number of amides is 1. The summed E-state index contributed by atoms with van der Waals surface area (Å²) in [5.74, 6) is -0.0889. The van der Waals surface area contributed by atoms with Crippen LogP contribution in [-0.2, 0) is 24.4 Å². The van der Waals surface area contributed by atoms with Crippen LogP contribution in [0.2, 0.25) is 0 Å². The molecule has 3 aromatic rings. The van der Waals surface area contributed by atoms with E-state index in [0.29, 0.717) is 11.9 Å². The van der Waals surface area contributed by atoms with Gasteiger partial charge in [-0.25, -0.2) is 0 Å². The largest absolute Gasteiger partial charge is 0.350 e. The number of fused-ring (bicyclic) bond motifs is 1. The standard InChI is InChI=1S/C21H26N4O2/c1-5-10-25-16(4)18(15(3)23-25)12-22-21(27)13-24-14(2)11-20(26)17-8-6-7-9-19(17)24/h6-9,11H,5,10,12-13H2,1-4H3,(H,22,27). The van der Waals surface area contributed by atoms with Gasteiger partial charge in [0.2, 0.25) is 5.91 Å². The molecule has 0 atom stereocenters. The number of hydrogen-bond donors (Lipinski definition) is 1. The van der Waals surface area contributed by atoms with E-state index in [1.165, 1.54) is 0 Å². The van der Waals surface area contributed by atoms with Crippen molar-refractivity contribution in [1.82, 2.24) is 19.7 Å². The number of aryl methyl sites for hydroxylation is 3. The first-order chi connectivity index (χ1) is 12.9. The molecule has 0 aliphatic carbocycles. The Kier molecular flexibility index (Phi) is 5.44. The van der Waals surface area contributed by atoms with Crippen molar-refractivity contribution in [2.45, 2.75) is 53.8 Å². The van der Waals surface area contributed by atoms with Crippen molar-refractivity contribution in [1.29, 1.82) is 0 Å². The zero-order valence-electron chi connectivity index (χ0n) is 16.4. The second kappa shape index (κ2) is 7.78. The molecule has 2 heterocycles. The second-order valence-corrected chi connectivity index (χ2v) is 6.90.